The smallest absolute Gasteiger partial charge is 0.407 e. The minimum absolute atomic E-state index is 0.0315. The second-order valence-electron chi connectivity index (χ2n) is 17.0. The molecule has 0 saturated carbocycles. The number of methoxy groups -OCH3 is 1. The Kier molecular flexibility index (Phi) is 12.4. The highest BCUT2D eigenvalue weighted by molar-refractivity contribution is 5.91. The molecule has 4 aliphatic heterocycles. The van der Waals surface area contributed by atoms with Crippen LogP contribution >= 0.6 is 0 Å². The minimum atomic E-state index is -1.20. The van der Waals surface area contributed by atoms with Crippen molar-refractivity contribution in [2.45, 2.75) is 75.5 Å². The normalized spacial score (nSPS) is 20.7. The number of likely N-dealkylation sites (tertiary alicyclic amines) is 2. The van der Waals surface area contributed by atoms with Crippen LogP contribution in [0.25, 0.3) is 44.4 Å². The third kappa shape index (κ3) is 9.00. The number of carboxylic acid groups (broad SMARTS) is 1. The Bertz CT molecular complexity index is 2440. The largest absolute Gasteiger partial charge is 0.465 e. The number of benzene rings is 3. The van der Waals surface area contributed by atoms with E-state index >= 15 is 0 Å². The quantitative estimate of drug-likeness (QED) is 0.0937. The van der Waals surface area contributed by atoms with Crippen LogP contribution in [-0.2, 0) is 23.8 Å². The van der Waals surface area contributed by atoms with E-state index in [1.54, 1.807) is 11.1 Å². The van der Waals surface area contributed by atoms with E-state index in [1.807, 2.05) is 11.1 Å². The monoisotopic (exact) mass is 858 g/mol. The van der Waals surface area contributed by atoms with Gasteiger partial charge in [0, 0.05) is 45.1 Å². The first-order valence-electron chi connectivity index (χ1n) is 22.1. The van der Waals surface area contributed by atoms with E-state index < -0.39 is 24.3 Å². The highest BCUT2D eigenvalue weighted by atomic mass is 16.5. The Morgan fingerprint density at radius 1 is 0.651 bits per heavy atom. The van der Waals surface area contributed by atoms with E-state index in [-0.39, 0.29) is 35.7 Å². The Morgan fingerprint density at radius 3 is 1.63 bits per heavy atom. The number of ether oxygens (including phenoxy) is 3. The van der Waals surface area contributed by atoms with Crippen molar-refractivity contribution in [1.29, 1.82) is 0 Å². The fourth-order valence-electron chi connectivity index (χ4n) is 9.91. The number of hydrogen-bond acceptors (Lipinski definition) is 9. The molecular weight excluding hydrogens is 805 g/mol. The molecule has 4 saturated heterocycles. The van der Waals surface area contributed by atoms with Crippen molar-refractivity contribution in [1.82, 2.24) is 40.4 Å². The van der Waals surface area contributed by atoms with Crippen LogP contribution in [0.15, 0.2) is 73.1 Å². The Morgan fingerprint density at radius 2 is 1.11 bits per heavy atom. The summed E-state index contributed by atoms with van der Waals surface area (Å²) in [6.07, 6.45) is 7.63. The van der Waals surface area contributed by atoms with Gasteiger partial charge in [0.05, 0.1) is 43.0 Å². The summed E-state index contributed by atoms with van der Waals surface area (Å²) >= 11 is 0. The number of H-pyrrole nitrogens is 2. The molecule has 5 N–H and O–H groups in total. The van der Waals surface area contributed by atoms with Gasteiger partial charge in [-0.1, -0.05) is 48.5 Å². The van der Waals surface area contributed by atoms with Crippen molar-refractivity contribution >= 4 is 34.8 Å². The maximum absolute atomic E-state index is 14.0. The van der Waals surface area contributed by atoms with Gasteiger partial charge >= 0.3 is 12.2 Å². The van der Waals surface area contributed by atoms with Crippen LogP contribution in [0.3, 0.4) is 0 Å². The molecule has 0 bridgehead atoms. The maximum Gasteiger partial charge on any atom is 0.407 e. The van der Waals surface area contributed by atoms with Gasteiger partial charge in [-0.2, -0.15) is 0 Å². The number of imidazole rings is 2. The Labute approximate surface area is 365 Å². The molecule has 4 fully saturated rings. The van der Waals surface area contributed by atoms with Crippen molar-refractivity contribution in [3.63, 3.8) is 0 Å². The molecule has 4 amide bonds. The molecule has 2 aromatic heterocycles. The standard InChI is InChI=1S/C47H54N8O8/c1-61-47(60)53-41(31-16-22-63-23-17-31)45(57)55-19-3-5-39(55)43-49-27-37(51-43)35-13-12-33-24-32(10-11-34(33)25-35)28-6-8-29(9-7-28)36-26-48-42(50-36)38-4-2-18-54(38)44(56)40(52-46(58)59)30-14-20-62-21-15-30/h6-13,24-27,30-31,38-41,52H,2-5,14-23H2,1H3,(H,48,50)(H,49,51)(H,53,60)(H,58,59)/t38-,39-,40?,41?/m0/s1. The van der Waals surface area contributed by atoms with Crippen molar-refractivity contribution in [3.8, 4) is 33.6 Å². The van der Waals surface area contributed by atoms with Crippen LogP contribution in [0, 0.1) is 11.8 Å². The number of hydrogen-bond donors (Lipinski definition) is 5. The number of fused-ring (bicyclic) bond motifs is 1. The molecule has 0 radical (unpaired) electrons. The summed E-state index contributed by atoms with van der Waals surface area (Å²) in [7, 11) is 1.31. The average molecular weight is 859 g/mol. The summed E-state index contributed by atoms with van der Waals surface area (Å²) < 4.78 is 15.9. The molecule has 16 heteroatoms. The lowest BCUT2D eigenvalue weighted by Gasteiger charge is -2.34. The van der Waals surface area contributed by atoms with Crippen LogP contribution in [0.2, 0.25) is 0 Å². The number of amides is 4. The van der Waals surface area contributed by atoms with Crippen LogP contribution in [0.1, 0.15) is 75.1 Å². The van der Waals surface area contributed by atoms with Gasteiger partial charge in [0.2, 0.25) is 11.8 Å². The van der Waals surface area contributed by atoms with E-state index in [9.17, 15) is 24.3 Å². The van der Waals surface area contributed by atoms with Gasteiger partial charge in [0.25, 0.3) is 0 Å². The first-order chi connectivity index (χ1) is 30.7. The minimum Gasteiger partial charge on any atom is -0.465 e. The van der Waals surface area contributed by atoms with Gasteiger partial charge in [0.1, 0.15) is 23.7 Å². The number of aromatic amines is 2. The number of aromatic nitrogens is 4. The zero-order valence-corrected chi connectivity index (χ0v) is 35.4. The number of alkyl carbamates (subject to hydrolysis) is 1. The number of carbonyl (C=O) groups is 4. The zero-order chi connectivity index (χ0) is 43.5. The summed E-state index contributed by atoms with van der Waals surface area (Å²) in [6.45, 7) is 3.28. The topological polar surface area (TPSA) is 204 Å². The lowest BCUT2D eigenvalue weighted by Crippen LogP contribution is -2.53. The van der Waals surface area contributed by atoms with Gasteiger partial charge in [0.15, 0.2) is 0 Å². The highest BCUT2D eigenvalue weighted by Crippen LogP contribution is 2.37. The molecule has 2 unspecified atom stereocenters. The molecule has 3 aromatic carbocycles. The third-order valence-electron chi connectivity index (χ3n) is 13.3. The molecule has 6 heterocycles. The summed E-state index contributed by atoms with van der Waals surface area (Å²) in [5, 5.41) is 17.1. The Balaban J connectivity index is 0.863. The van der Waals surface area contributed by atoms with E-state index in [4.69, 9.17) is 24.2 Å². The maximum atomic E-state index is 14.0. The molecule has 4 aliphatic rings. The summed E-state index contributed by atoms with van der Waals surface area (Å²) in [6, 6.07) is 19.1. The lowest BCUT2D eigenvalue weighted by molar-refractivity contribution is -0.137. The number of rotatable bonds is 11. The van der Waals surface area contributed by atoms with Gasteiger partial charge in [-0.3, -0.25) is 9.59 Å². The molecule has 9 rings (SSSR count). The molecule has 63 heavy (non-hydrogen) atoms. The van der Waals surface area contributed by atoms with Gasteiger partial charge in [-0.05, 0) is 103 Å². The van der Waals surface area contributed by atoms with Gasteiger partial charge in [-0.15, -0.1) is 0 Å². The summed E-state index contributed by atoms with van der Waals surface area (Å²) in [5.74, 6) is 0.961. The fraction of sp³-hybridized carbons (Fsp3) is 0.447. The first kappa shape index (κ1) is 42.1. The number of nitrogens with zero attached hydrogens (tertiary/aromatic N) is 4. The second kappa shape index (κ2) is 18.6. The number of carbonyl (C=O) groups excluding carboxylic acids is 3. The van der Waals surface area contributed by atoms with Crippen molar-refractivity contribution in [2.24, 2.45) is 11.8 Å². The molecule has 5 aromatic rings. The van der Waals surface area contributed by atoms with Crippen LogP contribution in [-0.4, -0.2) is 118 Å². The Hall–Kier alpha value is -6.26. The number of nitrogens with one attached hydrogen (secondary N) is 4. The first-order valence-corrected chi connectivity index (χ1v) is 22.1. The van der Waals surface area contributed by atoms with E-state index in [0.717, 1.165) is 75.9 Å². The summed E-state index contributed by atoms with van der Waals surface area (Å²) in [4.78, 5) is 71.9. The second-order valence-corrected chi connectivity index (χ2v) is 17.0. The van der Waals surface area contributed by atoms with Crippen LogP contribution in [0.5, 0.6) is 0 Å². The lowest BCUT2D eigenvalue weighted by atomic mass is 9.90. The molecule has 330 valence electrons. The van der Waals surface area contributed by atoms with E-state index in [2.05, 4.69) is 81.3 Å². The van der Waals surface area contributed by atoms with E-state index in [1.165, 1.54) is 7.11 Å². The molecule has 0 spiro atoms. The van der Waals surface area contributed by atoms with Gasteiger partial charge in [-0.25, -0.2) is 19.6 Å². The SMILES string of the molecule is COC(=O)NC(C(=O)N1CCC[C@H]1c1ncc(-c2ccc3cc(-c4ccc(-c5cnc([C@@H]6CCCN6C(=O)C(NC(=O)O)C6CCOCC6)[nH]5)cc4)ccc3c2)[nH]1)C1CCOCC1. The predicted octanol–water partition coefficient (Wildman–Crippen LogP) is 6.83. The molecular formula is C47H54N8O8. The fourth-order valence-corrected chi connectivity index (χ4v) is 9.91. The van der Waals surface area contributed by atoms with Crippen LogP contribution in [0.4, 0.5) is 9.59 Å². The average Bonchev–Trinajstić information content (AvgIpc) is 4.17. The van der Waals surface area contributed by atoms with E-state index in [0.29, 0.717) is 71.0 Å². The van der Waals surface area contributed by atoms with Crippen molar-refractivity contribution < 1.29 is 38.5 Å². The van der Waals surface area contributed by atoms with Crippen molar-refractivity contribution in [3.05, 3.63) is 84.7 Å². The van der Waals surface area contributed by atoms with Crippen LogP contribution < -0.4 is 10.6 Å². The highest BCUT2D eigenvalue weighted by Gasteiger charge is 2.41. The summed E-state index contributed by atoms with van der Waals surface area (Å²) in [5.41, 5.74) is 5.81. The molecule has 16 nitrogen and oxygen atoms in total. The van der Waals surface area contributed by atoms with Gasteiger partial charge < -0.3 is 49.7 Å². The predicted molar refractivity (Wildman–Crippen MR) is 233 cm³/mol. The third-order valence-corrected chi connectivity index (χ3v) is 13.3. The van der Waals surface area contributed by atoms with Crippen molar-refractivity contribution in [2.75, 3.05) is 46.6 Å². The zero-order valence-electron chi connectivity index (χ0n) is 35.4. The molecule has 4 atom stereocenters. The molecule has 0 aliphatic carbocycles.